The Kier molecular flexibility index (Phi) is 45.2. The topological polar surface area (TPSA) is 430 Å². The van der Waals surface area contributed by atoms with E-state index in [1.54, 1.807) is 4.90 Å². The number of aliphatic hydroxyl groups is 9. The van der Waals surface area contributed by atoms with E-state index < -0.39 is 67.6 Å². The fourth-order valence-electron chi connectivity index (χ4n) is 10.8. The highest BCUT2D eigenvalue weighted by Gasteiger charge is 2.63. The van der Waals surface area contributed by atoms with Crippen molar-refractivity contribution in [1.29, 1.82) is 0 Å². The lowest BCUT2D eigenvalue weighted by Crippen LogP contribution is -2.60. The quantitative estimate of drug-likeness (QED) is 0.0200. The van der Waals surface area contributed by atoms with E-state index >= 15 is 0 Å². The van der Waals surface area contributed by atoms with Crippen molar-refractivity contribution in [3.8, 4) is 0 Å². The molecule has 31 nitrogen and oxygen atoms in total. The van der Waals surface area contributed by atoms with Crippen LogP contribution in [0.25, 0.3) is 0 Å². The van der Waals surface area contributed by atoms with Crippen molar-refractivity contribution in [2.24, 2.45) is 23.3 Å². The van der Waals surface area contributed by atoms with Crippen LogP contribution in [0.5, 0.6) is 0 Å². The Balaban J connectivity index is 0.790. The molecule has 11 atom stereocenters. The van der Waals surface area contributed by atoms with Crippen LogP contribution in [0.15, 0.2) is 0 Å². The van der Waals surface area contributed by atoms with Crippen LogP contribution in [0.4, 0.5) is 0 Å². The zero-order chi connectivity index (χ0) is 63.3. The Morgan fingerprint density at radius 2 is 0.875 bits per heavy atom. The maximum absolute atomic E-state index is 11.3. The fraction of sp³-hybridized carbons (Fsp3) is 1.00. The summed E-state index contributed by atoms with van der Waals surface area (Å²) in [6, 6.07) is 0.0610. The van der Waals surface area contributed by atoms with Crippen molar-refractivity contribution in [2.45, 2.75) is 163 Å². The van der Waals surface area contributed by atoms with Crippen molar-refractivity contribution in [3.63, 3.8) is 0 Å². The van der Waals surface area contributed by atoms with E-state index in [1.807, 2.05) is 0 Å². The van der Waals surface area contributed by atoms with Crippen LogP contribution in [-0.4, -0.2) is 322 Å². The second-order valence-corrected chi connectivity index (χ2v) is 22.6. The molecule has 0 aromatic heterocycles. The second-order valence-electron chi connectivity index (χ2n) is 22.6. The van der Waals surface area contributed by atoms with Crippen molar-refractivity contribution in [3.05, 3.63) is 0 Å². The summed E-state index contributed by atoms with van der Waals surface area (Å²) in [7, 11) is 0. The molecule has 0 aromatic carbocycles. The van der Waals surface area contributed by atoms with Gasteiger partial charge in [-0.2, -0.15) is 0 Å². The molecule has 1 aliphatic heterocycles. The first-order chi connectivity index (χ1) is 42.8. The molecule has 3 saturated carbocycles. The van der Waals surface area contributed by atoms with Gasteiger partial charge >= 0.3 is 0 Å². The second kappa shape index (κ2) is 50.2. The summed E-state index contributed by atoms with van der Waals surface area (Å²) in [5, 5.41) is 111. The molecule has 0 spiro atoms. The first-order valence-electron chi connectivity index (χ1n) is 32.2. The Bertz CT molecular complexity index is 1610. The van der Waals surface area contributed by atoms with Gasteiger partial charge in [0.05, 0.1) is 177 Å². The number of nitrogens with two attached hydrogens (primary N) is 2. The molecule has 522 valence electrons. The van der Waals surface area contributed by atoms with Gasteiger partial charge in [0.1, 0.15) is 49.9 Å². The van der Waals surface area contributed by atoms with Gasteiger partial charge in [0.25, 0.3) is 0 Å². The Hall–Kier alpha value is -1.24. The predicted molar refractivity (Wildman–Crippen MR) is 319 cm³/mol. The van der Waals surface area contributed by atoms with Gasteiger partial charge in [0.2, 0.25) is 0 Å². The summed E-state index contributed by atoms with van der Waals surface area (Å²) in [5.41, 5.74) is 10.2. The van der Waals surface area contributed by atoms with E-state index in [1.165, 1.54) is 0 Å². The average molecular weight is 1280 g/mol. The molecule has 0 radical (unpaired) electrons. The average Bonchev–Trinajstić information content (AvgIpc) is 1.64. The highest BCUT2D eigenvalue weighted by atomic mass is 16.6. The van der Waals surface area contributed by atoms with Gasteiger partial charge in [0, 0.05) is 50.6 Å². The summed E-state index contributed by atoms with van der Waals surface area (Å²) in [5.74, 6) is -0.744. The predicted octanol–water partition coefficient (Wildman–Crippen LogP) is -5.02. The number of hydrogen-bond acceptors (Lipinski definition) is 31. The number of aliphatic hydroxyl groups excluding tert-OH is 8. The smallest absolute Gasteiger partial charge is 0.156 e. The van der Waals surface area contributed by atoms with Crippen LogP contribution in [0, 0.1) is 11.8 Å². The first kappa shape index (κ1) is 79.2. The Morgan fingerprint density at radius 1 is 0.443 bits per heavy atom. The van der Waals surface area contributed by atoms with Crippen LogP contribution in [-0.2, 0) is 61.6 Å². The lowest BCUT2D eigenvalue weighted by molar-refractivity contribution is -0.0793. The highest BCUT2D eigenvalue weighted by molar-refractivity contribution is 5.15. The van der Waals surface area contributed by atoms with E-state index in [2.05, 4.69) is 31.9 Å². The molecule has 0 amide bonds. The minimum absolute atomic E-state index is 0.0148. The molecular weight excluding hydrogens is 1160 g/mol. The number of hydrogen-bond donors (Lipinski definition) is 17. The molecule has 88 heavy (non-hydrogen) atoms. The third-order valence-electron chi connectivity index (χ3n) is 15.7. The molecule has 0 aromatic rings. The van der Waals surface area contributed by atoms with Gasteiger partial charge in [-0.15, -0.1) is 0 Å². The molecule has 31 heteroatoms. The van der Waals surface area contributed by atoms with Crippen molar-refractivity contribution in [1.82, 2.24) is 36.8 Å². The third-order valence-corrected chi connectivity index (χ3v) is 15.7. The van der Waals surface area contributed by atoms with Crippen molar-refractivity contribution < 1.29 is 108 Å². The summed E-state index contributed by atoms with van der Waals surface area (Å²) >= 11 is 0. The van der Waals surface area contributed by atoms with Crippen LogP contribution >= 0.6 is 0 Å². The van der Waals surface area contributed by atoms with Gasteiger partial charge in [-0.25, -0.2) is 0 Å². The number of ether oxygens (including phenoxy) is 13. The largest absolute Gasteiger partial charge is 0.379 e. The van der Waals surface area contributed by atoms with E-state index in [-0.39, 0.29) is 37.1 Å². The molecule has 4 fully saturated rings. The number of nitrogens with zero attached hydrogens (tertiary/aromatic N) is 1. The van der Waals surface area contributed by atoms with Crippen LogP contribution in [0.1, 0.15) is 83.5 Å². The maximum atomic E-state index is 11.3. The molecule has 0 bridgehead atoms. The maximum Gasteiger partial charge on any atom is 0.156 e. The molecular formula is C57H117N9O22. The van der Waals surface area contributed by atoms with Crippen LogP contribution < -0.4 is 43.4 Å². The Labute approximate surface area is 521 Å². The zero-order valence-electron chi connectivity index (χ0n) is 52.2. The van der Waals surface area contributed by atoms with Gasteiger partial charge < -0.3 is 119 Å². The SMILES string of the molecule is NC(N)NC1CCCC(C(O)NCC(O)N[C@]2(C(O)NC3CCC(OCCNC(O)CCOCCOCCOCCOCCOCCOCCOCCOCCOCCOCCOCCOCCNC(O)CCN4C(O)CCC4O)CC3)CC2C(O)O)C1. The standard InChI is InChI=1S/C57H117N9O22/c58-56(59)64-45-3-1-2-43(40-45)53(72)62-42-50(69)65-57(41-47(57)54(73)74)55(75)63-44-4-6-46(7-5-44)88-17-13-61-49(68)11-15-76-18-20-78-22-24-80-26-28-82-30-32-84-34-36-86-38-39-87-37-35-85-33-31-83-29-27-81-25-23-79-21-19-77-16-12-60-48(67)10-14-66-51(70)8-9-52(66)71/h43-56,60-65,67-75H,1-42,58-59H2/t43?,44?,45?,46?,47?,48?,49?,50?,51?,52?,53?,55?,57-/m1/s1. The number of likely N-dealkylation sites (tertiary alicyclic amines) is 1. The first-order valence-corrected chi connectivity index (χ1v) is 32.2. The summed E-state index contributed by atoms with van der Waals surface area (Å²) in [4.78, 5) is 1.59. The molecule has 19 N–H and O–H groups in total. The zero-order valence-corrected chi connectivity index (χ0v) is 52.2. The lowest BCUT2D eigenvalue weighted by Gasteiger charge is -2.36. The van der Waals surface area contributed by atoms with E-state index in [4.69, 9.17) is 73.0 Å². The minimum Gasteiger partial charge on any atom is -0.379 e. The van der Waals surface area contributed by atoms with Crippen molar-refractivity contribution in [2.75, 3.05) is 191 Å². The highest BCUT2D eigenvalue weighted by Crippen LogP contribution is 2.48. The molecule has 1 saturated heterocycles. The lowest BCUT2D eigenvalue weighted by atomic mass is 9.84. The Morgan fingerprint density at radius 3 is 1.32 bits per heavy atom. The minimum atomic E-state index is -1.68. The van der Waals surface area contributed by atoms with E-state index in [9.17, 15) is 46.0 Å². The number of rotatable bonds is 60. The van der Waals surface area contributed by atoms with Crippen LogP contribution in [0.2, 0.25) is 0 Å². The van der Waals surface area contributed by atoms with Crippen LogP contribution in [0.3, 0.4) is 0 Å². The molecule has 4 aliphatic rings. The monoisotopic (exact) mass is 1280 g/mol. The summed E-state index contributed by atoms with van der Waals surface area (Å²) in [6.45, 7) is 12.4. The fourth-order valence-corrected chi connectivity index (χ4v) is 10.8. The van der Waals surface area contributed by atoms with E-state index in [0.29, 0.717) is 217 Å². The molecule has 4 rings (SSSR count). The normalized spacial score (nSPS) is 25.3. The summed E-state index contributed by atoms with van der Waals surface area (Å²) < 4.78 is 72.4. The molecule has 10 unspecified atom stereocenters. The third kappa shape index (κ3) is 37.0. The van der Waals surface area contributed by atoms with Gasteiger partial charge in [-0.05, 0) is 76.5 Å². The van der Waals surface area contributed by atoms with E-state index in [0.717, 1.165) is 44.9 Å². The van der Waals surface area contributed by atoms with Gasteiger partial charge in [0.15, 0.2) is 6.29 Å². The van der Waals surface area contributed by atoms with Crippen molar-refractivity contribution >= 4 is 0 Å². The van der Waals surface area contributed by atoms with Gasteiger partial charge in [-0.1, -0.05) is 6.42 Å². The summed E-state index contributed by atoms with van der Waals surface area (Å²) in [6.07, 6.45) is 0.210. The molecule has 3 aliphatic carbocycles. The molecule has 1 heterocycles. The van der Waals surface area contributed by atoms with Gasteiger partial charge in [-0.3, -0.25) is 36.8 Å². The number of nitrogens with one attached hydrogen (secondary N) is 6.